The smallest absolute Gasteiger partial charge is 0.270 e. The highest BCUT2D eigenvalue weighted by Crippen LogP contribution is 2.32. The number of anilines is 1. The van der Waals surface area contributed by atoms with Crippen molar-refractivity contribution in [1.82, 2.24) is 4.98 Å². The molecule has 0 fully saturated rings. The van der Waals surface area contributed by atoms with Crippen molar-refractivity contribution in [2.45, 2.75) is 4.34 Å². The number of amides is 1. The summed E-state index contributed by atoms with van der Waals surface area (Å²) < 4.78 is 6.86. The van der Waals surface area contributed by atoms with Crippen LogP contribution in [-0.2, 0) is 4.79 Å². The standard InChI is InChI=1S/C23H18N4O5S2/c1-32-20-5-3-2-4-17(20)25-22(29)13-33-23-26-18-8-6-15(11-21(18)34-23)24-12-14-10-16(27(30)31)7-9-19(14)28/h2-12,28H,13H2,1H3,(H,25,29). The Balaban J connectivity index is 1.43. The molecule has 1 amide bonds. The van der Waals surface area contributed by atoms with E-state index in [0.717, 1.165) is 14.6 Å². The van der Waals surface area contributed by atoms with Crippen molar-refractivity contribution < 1.29 is 19.6 Å². The van der Waals surface area contributed by atoms with E-state index in [1.807, 2.05) is 24.3 Å². The molecule has 2 N–H and O–H groups in total. The number of benzene rings is 3. The van der Waals surface area contributed by atoms with Crippen molar-refractivity contribution in [3.63, 3.8) is 0 Å². The molecule has 0 aliphatic rings. The molecule has 1 heterocycles. The third-order valence-corrected chi connectivity index (χ3v) is 6.80. The molecule has 0 unspecified atom stereocenters. The van der Waals surface area contributed by atoms with E-state index in [0.29, 0.717) is 17.1 Å². The zero-order valence-electron chi connectivity index (χ0n) is 17.8. The number of para-hydroxylation sites is 2. The number of nitro groups is 1. The van der Waals surface area contributed by atoms with Crippen LogP contribution in [0.3, 0.4) is 0 Å². The summed E-state index contributed by atoms with van der Waals surface area (Å²) in [5.41, 5.74) is 2.10. The van der Waals surface area contributed by atoms with Gasteiger partial charge in [0.05, 0.1) is 39.4 Å². The molecule has 0 saturated carbocycles. The molecule has 172 valence electrons. The van der Waals surface area contributed by atoms with Gasteiger partial charge in [-0.05, 0) is 36.4 Å². The highest BCUT2D eigenvalue weighted by Gasteiger charge is 2.11. The van der Waals surface area contributed by atoms with Crippen LogP contribution < -0.4 is 10.1 Å². The average Bonchev–Trinajstić information content (AvgIpc) is 3.24. The number of methoxy groups -OCH3 is 1. The van der Waals surface area contributed by atoms with Crippen LogP contribution in [0.4, 0.5) is 17.1 Å². The van der Waals surface area contributed by atoms with Gasteiger partial charge in [0, 0.05) is 23.9 Å². The predicted molar refractivity (Wildman–Crippen MR) is 134 cm³/mol. The monoisotopic (exact) mass is 494 g/mol. The minimum absolute atomic E-state index is 0.0988. The summed E-state index contributed by atoms with van der Waals surface area (Å²) in [6.45, 7) is 0. The van der Waals surface area contributed by atoms with Crippen molar-refractivity contribution in [3.05, 3.63) is 76.3 Å². The van der Waals surface area contributed by atoms with E-state index >= 15 is 0 Å². The van der Waals surface area contributed by atoms with Crippen molar-refractivity contribution in [2.24, 2.45) is 4.99 Å². The summed E-state index contributed by atoms with van der Waals surface area (Å²) in [7, 11) is 1.55. The fraction of sp³-hybridized carbons (Fsp3) is 0.0870. The molecule has 0 atom stereocenters. The van der Waals surface area contributed by atoms with Gasteiger partial charge in [0.1, 0.15) is 11.5 Å². The third-order valence-electron chi connectivity index (χ3n) is 4.63. The summed E-state index contributed by atoms with van der Waals surface area (Å²) in [5, 5.41) is 23.7. The Morgan fingerprint density at radius 3 is 2.88 bits per heavy atom. The number of aromatic hydroxyl groups is 1. The highest BCUT2D eigenvalue weighted by atomic mass is 32.2. The van der Waals surface area contributed by atoms with Gasteiger partial charge in [-0.2, -0.15) is 0 Å². The van der Waals surface area contributed by atoms with Crippen molar-refractivity contribution >= 4 is 62.5 Å². The molecule has 0 bridgehead atoms. The van der Waals surface area contributed by atoms with Crippen LogP contribution in [0.15, 0.2) is 70.0 Å². The molecule has 4 aromatic rings. The quantitative estimate of drug-likeness (QED) is 0.145. The van der Waals surface area contributed by atoms with Gasteiger partial charge in [-0.15, -0.1) is 11.3 Å². The number of nitro benzene ring substituents is 1. The molecule has 0 spiro atoms. The summed E-state index contributed by atoms with van der Waals surface area (Å²) >= 11 is 2.76. The normalized spacial score (nSPS) is 11.1. The number of nitrogens with zero attached hydrogens (tertiary/aromatic N) is 3. The van der Waals surface area contributed by atoms with E-state index in [-0.39, 0.29) is 28.7 Å². The highest BCUT2D eigenvalue weighted by molar-refractivity contribution is 8.01. The summed E-state index contributed by atoms with van der Waals surface area (Å²) in [4.78, 5) is 31.6. The molecule has 3 aromatic carbocycles. The maximum atomic E-state index is 12.3. The van der Waals surface area contributed by atoms with Crippen LogP contribution in [0.2, 0.25) is 0 Å². The maximum Gasteiger partial charge on any atom is 0.270 e. The van der Waals surface area contributed by atoms with E-state index in [2.05, 4.69) is 15.3 Å². The van der Waals surface area contributed by atoms with E-state index in [4.69, 9.17) is 4.74 Å². The number of carbonyl (C=O) groups is 1. The van der Waals surface area contributed by atoms with Crippen LogP contribution >= 0.6 is 23.1 Å². The van der Waals surface area contributed by atoms with Gasteiger partial charge >= 0.3 is 0 Å². The Morgan fingerprint density at radius 2 is 2.09 bits per heavy atom. The zero-order valence-corrected chi connectivity index (χ0v) is 19.4. The fourth-order valence-electron chi connectivity index (χ4n) is 3.00. The van der Waals surface area contributed by atoms with Crippen molar-refractivity contribution in [1.29, 1.82) is 0 Å². The molecule has 4 rings (SSSR count). The van der Waals surface area contributed by atoms with Crippen LogP contribution in [0.25, 0.3) is 10.2 Å². The maximum absolute atomic E-state index is 12.3. The minimum atomic E-state index is -0.532. The number of phenols is 1. The molecular formula is C23H18N4O5S2. The van der Waals surface area contributed by atoms with E-state index in [9.17, 15) is 20.0 Å². The van der Waals surface area contributed by atoms with Gasteiger partial charge in [0.2, 0.25) is 5.91 Å². The van der Waals surface area contributed by atoms with Crippen LogP contribution in [-0.4, -0.2) is 40.0 Å². The second-order valence-corrected chi connectivity index (χ2v) is 9.18. The Kier molecular flexibility index (Phi) is 7.04. The summed E-state index contributed by atoms with van der Waals surface area (Å²) in [6, 6.07) is 16.3. The average molecular weight is 495 g/mol. The van der Waals surface area contributed by atoms with Gasteiger partial charge in [0.15, 0.2) is 4.34 Å². The Hall–Kier alpha value is -3.96. The molecule has 0 radical (unpaired) electrons. The lowest BCUT2D eigenvalue weighted by atomic mass is 10.2. The number of non-ortho nitro benzene ring substituents is 1. The number of phenolic OH excluding ortho intramolecular Hbond substituents is 1. The number of thioether (sulfide) groups is 1. The number of rotatable bonds is 8. The molecule has 0 saturated heterocycles. The number of nitrogens with one attached hydrogen (secondary N) is 1. The molecule has 0 aliphatic carbocycles. The molecule has 11 heteroatoms. The first kappa shape index (κ1) is 23.2. The molecule has 34 heavy (non-hydrogen) atoms. The van der Waals surface area contributed by atoms with Crippen molar-refractivity contribution in [2.75, 3.05) is 18.2 Å². The van der Waals surface area contributed by atoms with Crippen LogP contribution in [0, 0.1) is 10.1 Å². The number of ether oxygens (including phenoxy) is 1. The topological polar surface area (TPSA) is 127 Å². The van der Waals surface area contributed by atoms with Gasteiger partial charge in [-0.25, -0.2) is 4.98 Å². The number of aromatic nitrogens is 1. The number of fused-ring (bicyclic) bond motifs is 1. The molecule has 0 aliphatic heterocycles. The first-order valence-electron chi connectivity index (χ1n) is 9.90. The summed E-state index contributed by atoms with van der Waals surface area (Å²) in [5.74, 6) is 0.510. The van der Waals surface area contributed by atoms with Gasteiger partial charge in [-0.1, -0.05) is 23.9 Å². The third kappa shape index (κ3) is 5.50. The van der Waals surface area contributed by atoms with Gasteiger partial charge in [-0.3, -0.25) is 19.9 Å². The van der Waals surface area contributed by atoms with E-state index in [1.54, 1.807) is 25.3 Å². The minimum Gasteiger partial charge on any atom is -0.507 e. The zero-order chi connectivity index (χ0) is 24.1. The lowest BCUT2D eigenvalue weighted by Crippen LogP contribution is -2.14. The number of hydrogen-bond acceptors (Lipinski definition) is 9. The first-order valence-corrected chi connectivity index (χ1v) is 11.7. The number of hydrogen-bond donors (Lipinski definition) is 2. The van der Waals surface area contributed by atoms with Crippen LogP contribution in [0.1, 0.15) is 5.56 Å². The number of carbonyl (C=O) groups excluding carboxylic acids is 1. The SMILES string of the molecule is COc1ccccc1NC(=O)CSc1nc2ccc(N=Cc3cc([N+](=O)[O-])ccc3O)cc2s1. The van der Waals surface area contributed by atoms with Crippen molar-refractivity contribution in [3.8, 4) is 11.5 Å². The fourth-order valence-corrected chi connectivity index (χ4v) is 4.90. The Labute approximate surface area is 202 Å². The summed E-state index contributed by atoms with van der Waals surface area (Å²) in [6.07, 6.45) is 1.38. The molecule has 9 nitrogen and oxygen atoms in total. The van der Waals surface area contributed by atoms with Gasteiger partial charge in [0.25, 0.3) is 5.69 Å². The number of aliphatic imine (C=N–C) groups is 1. The van der Waals surface area contributed by atoms with Gasteiger partial charge < -0.3 is 15.2 Å². The van der Waals surface area contributed by atoms with Crippen LogP contribution in [0.5, 0.6) is 11.5 Å². The number of thiazole rings is 1. The Morgan fingerprint density at radius 1 is 1.26 bits per heavy atom. The Bertz CT molecular complexity index is 1400. The lowest BCUT2D eigenvalue weighted by molar-refractivity contribution is -0.384. The lowest BCUT2D eigenvalue weighted by Gasteiger charge is -2.09. The largest absolute Gasteiger partial charge is 0.507 e. The molecular weight excluding hydrogens is 476 g/mol. The second-order valence-electron chi connectivity index (χ2n) is 6.93. The predicted octanol–water partition coefficient (Wildman–Crippen LogP) is 5.40. The van der Waals surface area contributed by atoms with E-state index < -0.39 is 4.92 Å². The van der Waals surface area contributed by atoms with E-state index in [1.165, 1.54) is 47.5 Å². The molecule has 1 aromatic heterocycles. The second kappa shape index (κ2) is 10.3. The first-order chi connectivity index (χ1) is 16.4.